The van der Waals surface area contributed by atoms with Crippen molar-refractivity contribution in [3.05, 3.63) is 0 Å². The number of hydrogen-bond donors (Lipinski definition) is 1. The highest BCUT2D eigenvalue weighted by Crippen LogP contribution is 2.39. The van der Waals surface area contributed by atoms with Gasteiger partial charge in [0, 0.05) is 32.2 Å². The summed E-state index contributed by atoms with van der Waals surface area (Å²) >= 11 is 0. The second-order valence-corrected chi connectivity index (χ2v) is 5.25. The van der Waals surface area contributed by atoms with Crippen LogP contribution >= 0.6 is 0 Å². The van der Waals surface area contributed by atoms with Crippen LogP contribution in [0, 0.1) is 5.41 Å². The van der Waals surface area contributed by atoms with Gasteiger partial charge in [-0.15, -0.1) is 0 Å². The van der Waals surface area contributed by atoms with Crippen molar-refractivity contribution < 1.29 is 9.47 Å². The van der Waals surface area contributed by atoms with E-state index in [1.807, 2.05) is 0 Å². The number of ether oxygens (including phenoxy) is 2. The van der Waals surface area contributed by atoms with Crippen LogP contribution in [-0.2, 0) is 9.47 Å². The summed E-state index contributed by atoms with van der Waals surface area (Å²) in [5.41, 5.74) is 0.364. The number of hydrogen-bond acceptors (Lipinski definition) is 3. The SMILES string of the molecule is CCCCCC1(CNCCOC)CCOC1C. The molecule has 1 fully saturated rings. The summed E-state index contributed by atoms with van der Waals surface area (Å²) in [6.45, 7) is 8.23. The zero-order valence-electron chi connectivity index (χ0n) is 11.8. The number of unbranched alkanes of at least 4 members (excludes halogenated alkanes) is 2. The third kappa shape index (κ3) is 4.57. The molecule has 1 rings (SSSR count). The summed E-state index contributed by atoms with van der Waals surface area (Å²) in [4.78, 5) is 0. The molecule has 2 unspecified atom stereocenters. The van der Waals surface area contributed by atoms with Crippen molar-refractivity contribution in [1.29, 1.82) is 0 Å². The maximum Gasteiger partial charge on any atom is 0.0616 e. The van der Waals surface area contributed by atoms with Crippen LogP contribution < -0.4 is 5.32 Å². The third-order valence-corrected chi connectivity index (χ3v) is 4.07. The Kier molecular flexibility index (Phi) is 7.09. The molecule has 0 saturated carbocycles. The lowest BCUT2D eigenvalue weighted by molar-refractivity contribution is 0.0560. The maximum absolute atomic E-state index is 5.79. The minimum absolute atomic E-state index is 0.364. The van der Waals surface area contributed by atoms with Gasteiger partial charge in [-0.1, -0.05) is 26.2 Å². The van der Waals surface area contributed by atoms with Crippen LogP contribution in [0.1, 0.15) is 46.0 Å². The Hall–Kier alpha value is -0.120. The van der Waals surface area contributed by atoms with Crippen molar-refractivity contribution in [3.8, 4) is 0 Å². The van der Waals surface area contributed by atoms with E-state index in [2.05, 4.69) is 19.2 Å². The fraction of sp³-hybridized carbons (Fsp3) is 1.00. The van der Waals surface area contributed by atoms with Crippen LogP contribution in [0.4, 0.5) is 0 Å². The van der Waals surface area contributed by atoms with Gasteiger partial charge in [-0.25, -0.2) is 0 Å². The molecule has 0 amide bonds. The first-order valence-corrected chi connectivity index (χ1v) is 7.06. The Bertz CT molecular complexity index is 199. The average Bonchev–Trinajstić information content (AvgIpc) is 2.68. The molecule has 2 atom stereocenters. The minimum Gasteiger partial charge on any atom is -0.383 e. The highest BCUT2D eigenvalue weighted by molar-refractivity contribution is 4.91. The van der Waals surface area contributed by atoms with Gasteiger partial charge >= 0.3 is 0 Å². The van der Waals surface area contributed by atoms with Gasteiger partial charge in [0.05, 0.1) is 12.7 Å². The summed E-state index contributed by atoms with van der Waals surface area (Å²) < 4.78 is 10.9. The van der Waals surface area contributed by atoms with Crippen LogP contribution in [0.2, 0.25) is 0 Å². The maximum atomic E-state index is 5.79. The molecule has 1 N–H and O–H groups in total. The molecule has 17 heavy (non-hydrogen) atoms. The topological polar surface area (TPSA) is 30.5 Å². The van der Waals surface area contributed by atoms with Crippen LogP contribution in [-0.4, -0.2) is 39.5 Å². The van der Waals surface area contributed by atoms with Gasteiger partial charge in [0.15, 0.2) is 0 Å². The lowest BCUT2D eigenvalue weighted by Crippen LogP contribution is -2.40. The quantitative estimate of drug-likeness (QED) is 0.631. The molecule has 102 valence electrons. The molecule has 0 aromatic heterocycles. The molecular weight excluding hydrogens is 214 g/mol. The normalized spacial score (nSPS) is 28.8. The largest absolute Gasteiger partial charge is 0.383 e. The molecule has 0 aromatic rings. The fourth-order valence-corrected chi connectivity index (χ4v) is 2.71. The van der Waals surface area contributed by atoms with E-state index in [1.165, 1.54) is 32.1 Å². The van der Waals surface area contributed by atoms with Crippen molar-refractivity contribution >= 4 is 0 Å². The van der Waals surface area contributed by atoms with E-state index >= 15 is 0 Å². The van der Waals surface area contributed by atoms with Gasteiger partial charge in [-0.05, 0) is 19.8 Å². The Morgan fingerprint density at radius 1 is 1.41 bits per heavy atom. The molecule has 1 heterocycles. The predicted molar refractivity (Wildman–Crippen MR) is 71.4 cm³/mol. The van der Waals surface area contributed by atoms with Gasteiger partial charge in [0.1, 0.15) is 0 Å². The molecule has 0 radical (unpaired) electrons. The molecule has 1 aliphatic rings. The second kappa shape index (κ2) is 8.06. The van der Waals surface area contributed by atoms with Gasteiger partial charge in [-0.3, -0.25) is 0 Å². The zero-order valence-corrected chi connectivity index (χ0v) is 11.8. The molecular formula is C14H29NO2. The highest BCUT2D eigenvalue weighted by atomic mass is 16.5. The number of rotatable bonds is 9. The van der Waals surface area contributed by atoms with E-state index in [0.29, 0.717) is 11.5 Å². The first kappa shape index (κ1) is 14.9. The lowest BCUT2D eigenvalue weighted by Gasteiger charge is -2.32. The van der Waals surface area contributed by atoms with Gasteiger partial charge < -0.3 is 14.8 Å². The Morgan fingerprint density at radius 3 is 2.82 bits per heavy atom. The van der Waals surface area contributed by atoms with Crippen molar-refractivity contribution in [3.63, 3.8) is 0 Å². The summed E-state index contributed by atoms with van der Waals surface area (Å²) in [5, 5.41) is 3.52. The number of methoxy groups -OCH3 is 1. The van der Waals surface area contributed by atoms with Gasteiger partial charge in [0.2, 0.25) is 0 Å². The summed E-state index contributed by atoms with van der Waals surface area (Å²) in [7, 11) is 1.75. The summed E-state index contributed by atoms with van der Waals surface area (Å²) in [6, 6.07) is 0. The summed E-state index contributed by atoms with van der Waals surface area (Å²) in [6.07, 6.45) is 6.86. The molecule has 3 heteroatoms. The first-order chi connectivity index (χ1) is 8.25. The fourth-order valence-electron chi connectivity index (χ4n) is 2.71. The monoisotopic (exact) mass is 243 g/mol. The Labute approximate surface area is 106 Å². The second-order valence-electron chi connectivity index (χ2n) is 5.25. The number of nitrogens with one attached hydrogen (secondary N) is 1. The third-order valence-electron chi connectivity index (χ3n) is 4.07. The Morgan fingerprint density at radius 2 is 2.24 bits per heavy atom. The van der Waals surface area contributed by atoms with Crippen molar-refractivity contribution in [1.82, 2.24) is 5.32 Å². The standard InChI is InChI=1S/C14H29NO2/c1-4-5-6-7-14(8-10-17-13(14)2)12-15-9-11-16-3/h13,15H,4-12H2,1-3H3. The van der Waals surface area contributed by atoms with E-state index in [9.17, 15) is 0 Å². The smallest absolute Gasteiger partial charge is 0.0616 e. The summed E-state index contributed by atoms with van der Waals surface area (Å²) in [5.74, 6) is 0. The molecule has 3 nitrogen and oxygen atoms in total. The first-order valence-electron chi connectivity index (χ1n) is 7.06. The van der Waals surface area contributed by atoms with E-state index < -0.39 is 0 Å². The minimum atomic E-state index is 0.364. The van der Waals surface area contributed by atoms with Crippen LogP contribution in [0.5, 0.6) is 0 Å². The van der Waals surface area contributed by atoms with E-state index in [-0.39, 0.29) is 0 Å². The highest BCUT2D eigenvalue weighted by Gasteiger charge is 2.40. The van der Waals surface area contributed by atoms with Crippen molar-refractivity contribution in [2.45, 2.75) is 52.1 Å². The van der Waals surface area contributed by atoms with Crippen molar-refractivity contribution in [2.75, 3.05) is 33.4 Å². The lowest BCUT2D eigenvalue weighted by atomic mass is 9.77. The molecule has 1 aliphatic heterocycles. The van der Waals surface area contributed by atoms with Gasteiger partial charge in [0.25, 0.3) is 0 Å². The van der Waals surface area contributed by atoms with E-state index in [0.717, 1.165) is 26.3 Å². The molecule has 0 spiro atoms. The zero-order chi connectivity index (χ0) is 12.6. The van der Waals surface area contributed by atoms with Crippen LogP contribution in [0.15, 0.2) is 0 Å². The molecule has 0 aromatic carbocycles. The molecule has 0 aliphatic carbocycles. The average molecular weight is 243 g/mol. The van der Waals surface area contributed by atoms with E-state index in [4.69, 9.17) is 9.47 Å². The molecule has 1 saturated heterocycles. The Balaban J connectivity index is 2.36. The van der Waals surface area contributed by atoms with Crippen LogP contribution in [0.25, 0.3) is 0 Å². The van der Waals surface area contributed by atoms with Gasteiger partial charge in [-0.2, -0.15) is 0 Å². The predicted octanol–water partition coefficient (Wildman–Crippen LogP) is 2.60. The van der Waals surface area contributed by atoms with Crippen molar-refractivity contribution in [2.24, 2.45) is 5.41 Å². The van der Waals surface area contributed by atoms with E-state index in [1.54, 1.807) is 7.11 Å². The van der Waals surface area contributed by atoms with Crippen LogP contribution in [0.3, 0.4) is 0 Å². The molecule has 0 bridgehead atoms.